The quantitative estimate of drug-likeness (QED) is 0.307. The molecule has 0 aliphatic rings. The van der Waals surface area contributed by atoms with E-state index in [1.165, 1.54) is 0 Å². The second-order valence-corrected chi connectivity index (χ2v) is 6.55. The van der Waals surface area contributed by atoms with E-state index < -0.39 is 11.9 Å². The largest absolute Gasteiger partial charge is 0.363 e. The number of carbonyl (C=O) groups is 2. The minimum atomic E-state index is -0.475. The number of halogens is 1. The number of benzene rings is 3. The zero-order chi connectivity index (χ0) is 19.1. The van der Waals surface area contributed by atoms with E-state index in [0.717, 1.165) is 3.57 Å². The SMILES string of the molecule is O=C(N=Nc1ccc(NOC(=O)c2ccccc2I)cc1)c1ccccc1. The van der Waals surface area contributed by atoms with Gasteiger partial charge in [-0.25, -0.2) is 10.3 Å². The fourth-order valence-corrected chi connectivity index (χ4v) is 2.73. The van der Waals surface area contributed by atoms with Gasteiger partial charge in [-0.05, 0) is 71.1 Å². The third-order valence-electron chi connectivity index (χ3n) is 3.50. The third kappa shape index (κ3) is 5.20. The van der Waals surface area contributed by atoms with Crippen LogP contribution in [0, 0.1) is 3.57 Å². The second kappa shape index (κ2) is 9.04. The maximum Gasteiger partial charge on any atom is 0.363 e. The van der Waals surface area contributed by atoms with Crippen molar-refractivity contribution in [3.63, 3.8) is 0 Å². The zero-order valence-electron chi connectivity index (χ0n) is 14.0. The number of hydrogen-bond donors (Lipinski definition) is 1. The number of anilines is 1. The van der Waals surface area contributed by atoms with Gasteiger partial charge in [-0.2, -0.15) is 0 Å². The highest BCUT2D eigenvalue weighted by atomic mass is 127. The summed E-state index contributed by atoms with van der Waals surface area (Å²) in [6, 6.07) is 22.5. The van der Waals surface area contributed by atoms with Crippen LogP contribution in [0.3, 0.4) is 0 Å². The smallest absolute Gasteiger partial charge is 0.338 e. The van der Waals surface area contributed by atoms with Gasteiger partial charge < -0.3 is 4.84 Å². The monoisotopic (exact) mass is 471 g/mol. The molecule has 0 aliphatic carbocycles. The summed E-state index contributed by atoms with van der Waals surface area (Å²) in [5, 5.41) is 7.61. The Hall–Kier alpha value is -3.07. The molecule has 3 rings (SSSR count). The lowest BCUT2D eigenvalue weighted by Crippen LogP contribution is -2.11. The molecule has 0 saturated carbocycles. The third-order valence-corrected chi connectivity index (χ3v) is 4.44. The maximum absolute atomic E-state index is 12.1. The molecule has 7 heteroatoms. The number of hydrogen-bond acceptors (Lipinski definition) is 5. The summed E-state index contributed by atoms with van der Waals surface area (Å²) >= 11 is 2.07. The summed E-state index contributed by atoms with van der Waals surface area (Å²) in [7, 11) is 0. The summed E-state index contributed by atoms with van der Waals surface area (Å²) in [6.07, 6.45) is 0. The summed E-state index contributed by atoms with van der Waals surface area (Å²) in [5.41, 5.74) is 4.63. The molecule has 0 fully saturated rings. The van der Waals surface area contributed by atoms with Crippen molar-refractivity contribution >= 4 is 45.8 Å². The zero-order valence-corrected chi connectivity index (χ0v) is 16.2. The molecule has 3 aromatic carbocycles. The first-order valence-corrected chi connectivity index (χ1v) is 9.04. The van der Waals surface area contributed by atoms with Crippen LogP contribution >= 0.6 is 22.6 Å². The van der Waals surface area contributed by atoms with Gasteiger partial charge in [0.25, 0.3) is 5.91 Å². The summed E-state index contributed by atoms with van der Waals surface area (Å²) < 4.78 is 0.806. The predicted molar refractivity (Wildman–Crippen MR) is 110 cm³/mol. The van der Waals surface area contributed by atoms with E-state index in [9.17, 15) is 9.59 Å². The van der Waals surface area contributed by atoms with Crippen LogP contribution < -0.4 is 5.48 Å². The van der Waals surface area contributed by atoms with Crippen molar-refractivity contribution in [3.8, 4) is 0 Å². The number of nitrogens with one attached hydrogen (secondary N) is 1. The summed E-state index contributed by atoms with van der Waals surface area (Å²) in [6.45, 7) is 0. The van der Waals surface area contributed by atoms with E-state index in [-0.39, 0.29) is 0 Å². The Morgan fingerprint density at radius 2 is 1.52 bits per heavy atom. The molecule has 0 aromatic heterocycles. The van der Waals surface area contributed by atoms with Gasteiger partial charge in [0.2, 0.25) is 0 Å². The highest BCUT2D eigenvalue weighted by Gasteiger charge is 2.11. The first kappa shape index (κ1) is 18.7. The van der Waals surface area contributed by atoms with Crippen molar-refractivity contribution in [2.24, 2.45) is 10.2 Å². The van der Waals surface area contributed by atoms with Crippen LogP contribution in [-0.4, -0.2) is 11.9 Å². The fraction of sp³-hybridized carbons (Fsp3) is 0. The van der Waals surface area contributed by atoms with E-state index in [4.69, 9.17) is 4.84 Å². The van der Waals surface area contributed by atoms with Crippen LogP contribution in [0.5, 0.6) is 0 Å². The number of amides is 1. The van der Waals surface area contributed by atoms with Crippen molar-refractivity contribution in [1.29, 1.82) is 0 Å². The molecule has 0 heterocycles. The van der Waals surface area contributed by atoms with Crippen molar-refractivity contribution in [2.75, 3.05) is 5.48 Å². The minimum Gasteiger partial charge on any atom is -0.338 e. The summed E-state index contributed by atoms with van der Waals surface area (Å²) in [5.74, 6) is -0.888. The molecule has 1 N–H and O–H groups in total. The first-order chi connectivity index (χ1) is 13.1. The van der Waals surface area contributed by atoms with Crippen molar-refractivity contribution in [1.82, 2.24) is 0 Å². The Kier molecular flexibility index (Phi) is 6.26. The first-order valence-electron chi connectivity index (χ1n) is 7.96. The molecule has 0 unspecified atom stereocenters. The number of nitrogens with zero attached hydrogens (tertiary/aromatic N) is 2. The molecular formula is C20H14IN3O3. The molecule has 1 amide bonds. The lowest BCUT2D eigenvalue weighted by Gasteiger charge is -2.07. The average molecular weight is 471 g/mol. The van der Waals surface area contributed by atoms with E-state index in [2.05, 4.69) is 38.3 Å². The maximum atomic E-state index is 12.1. The van der Waals surface area contributed by atoms with Gasteiger partial charge in [0, 0.05) is 9.13 Å². The van der Waals surface area contributed by atoms with Gasteiger partial charge in [-0.3, -0.25) is 4.79 Å². The molecule has 0 atom stereocenters. The second-order valence-electron chi connectivity index (χ2n) is 5.39. The van der Waals surface area contributed by atoms with Crippen LogP contribution in [0.15, 0.2) is 89.1 Å². The fourth-order valence-electron chi connectivity index (χ4n) is 2.12. The van der Waals surface area contributed by atoms with Crippen LogP contribution in [0.4, 0.5) is 11.4 Å². The number of rotatable bonds is 5. The Morgan fingerprint density at radius 3 is 2.22 bits per heavy atom. The highest BCUT2D eigenvalue weighted by Crippen LogP contribution is 2.18. The van der Waals surface area contributed by atoms with E-state index in [1.54, 1.807) is 60.7 Å². The lowest BCUT2D eigenvalue weighted by molar-refractivity contribution is 0.0595. The van der Waals surface area contributed by atoms with E-state index in [1.807, 2.05) is 18.2 Å². The highest BCUT2D eigenvalue weighted by molar-refractivity contribution is 14.1. The predicted octanol–water partition coefficient (Wildman–Crippen LogP) is 5.40. The Morgan fingerprint density at radius 1 is 0.852 bits per heavy atom. The van der Waals surface area contributed by atoms with Gasteiger partial charge in [-0.1, -0.05) is 30.3 Å². The van der Waals surface area contributed by atoms with Crippen LogP contribution in [-0.2, 0) is 4.84 Å². The normalized spacial score (nSPS) is 10.6. The van der Waals surface area contributed by atoms with E-state index in [0.29, 0.717) is 22.5 Å². The Labute approximate surface area is 169 Å². The van der Waals surface area contributed by atoms with Gasteiger partial charge in [0.15, 0.2) is 0 Å². The van der Waals surface area contributed by atoms with Gasteiger partial charge >= 0.3 is 5.97 Å². The molecule has 0 radical (unpaired) electrons. The van der Waals surface area contributed by atoms with Gasteiger partial charge in [0.05, 0.1) is 16.9 Å². The molecule has 134 valence electrons. The molecule has 0 aliphatic heterocycles. The Balaban J connectivity index is 1.57. The minimum absolute atomic E-state index is 0.413. The van der Waals surface area contributed by atoms with Crippen molar-refractivity contribution < 1.29 is 14.4 Å². The molecular weight excluding hydrogens is 457 g/mol. The molecule has 0 saturated heterocycles. The molecule has 27 heavy (non-hydrogen) atoms. The number of azo groups is 1. The lowest BCUT2D eigenvalue weighted by atomic mass is 10.2. The molecule has 6 nitrogen and oxygen atoms in total. The van der Waals surface area contributed by atoms with Crippen LogP contribution in [0.1, 0.15) is 20.7 Å². The average Bonchev–Trinajstić information content (AvgIpc) is 2.72. The standard InChI is InChI=1S/C20H14IN3O3/c21-18-9-5-4-8-17(18)20(26)27-24-16-12-10-15(11-13-16)22-23-19(25)14-6-2-1-3-7-14/h1-13,24H. The van der Waals surface area contributed by atoms with Crippen LogP contribution in [0.2, 0.25) is 0 Å². The van der Waals surface area contributed by atoms with Gasteiger partial charge in [-0.15, -0.1) is 10.2 Å². The van der Waals surface area contributed by atoms with Crippen molar-refractivity contribution in [2.45, 2.75) is 0 Å². The van der Waals surface area contributed by atoms with E-state index >= 15 is 0 Å². The van der Waals surface area contributed by atoms with Gasteiger partial charge in [0.1, 0.15) is 0 Å². The van der Waals surface area contributed by atoms with Crippen LogP contribution in [0.25, 0.3) is 0 Å². The number of carbonyl (C=O) groups excluding carboxylic acids is 2. The molecule has 0 spiro atoms. The summed E-state index contributed by atoms with van der Waals surface area (Å²) in [4.78, 5) is 29.0. The Bertz CT molecular complexity index is 973. The topological polar surface area (TPSA) is 80.1 Å². The molecule has 3 aromatic rings. The van der Waals surface area contributed by atoms with Crippen molar-refractivity contribution in [3.05, 3.63) is 93.6 Å². The molecule has 0 bridgehead atoms.